The highest BCUT2D eigenvalue weighted by atomic mass is 19.1. The van der Waals surface area contributed by atoms with Crippen molar-refractivity contribution in [3.8, 4) is 5.75 Å². The molecule has 1 aromatic heterocycles. The zero-order valence-electron chi connectivity index (χ0n) is 13.1. The van der Waals surface area contributed by atoms with Crippen LogP contribution in [0.5, 0.6) is 5.75 Å². The highest BCUT2D eigenvalue weighted by Crippen LogP contribution is 2.27. The standard InChI is InChI=1S/C17H15F2NO5/c18-11-1-3-12(4-2-11)24-9-13-5-6-14(25-13)15(21)20-8-7-17(19,10-20)16(22)23/h1-6H,7-10H2,(H,22,23). The normalized spacial score (nSPS) is 19.8. The number of benzene rings is 1. The van der Waals surface area contributed by atoms with E-state index in [2.05, 4.69) is 0 Å². The first-order chi connectivity index (χ1) is 11.9. The van der Waals surface area contributed by atoms with Gasteiger partial charge < -0.3 is 19.2 Å². The molecule has 0 bridgehead atoms. The summed E-state index contributed by atoms with van der Waals surface area (Å²) < 4.78 is 37.6. The molecule has 1 saturated heterocycles. The Labute approximate surface area is 141 Å². The molecule has 0 spiro atoms. The molecule has 2 aromatic rings. The van der Waals surface area contributed by atoms with E-state index in [0.717, 1.165) is 4.90 Å². The molecular formula is C17H15F2NO5. The lowest BCUT2D eigenvalue weighted by Crippen LogP contribution is -2.38. The van der Waals surface area contributed by atoms with Crippen LogP contribution in [0.4, 0.5) is 8.78 Å². The van der Waals surface area contributed by atoms with Gasteiger partial charge in [-0.2, -0.15) is 0 Å². The molecule has 8 heteroatoms. The van der Waals surface area contributed by atoms with Crippen molar-refractivity contribution in [3.05, 3.63) is 53.7 Å². The summed E-state index contributed by atoms with van der Waals surface area (Å²) in [6.45, 7) is -0.478. The second-order valence-corrected chi connectivity index (χ2v) is 5.76. The van der Waals surface area contributed by atoms with Crippen LogP contribution in [-0.2, 0) is 11.4 Å². The minimum Gasteiger partial charge on any atom is -0.486 e. The first-order valence-electron chi connectivity index (χ1n) is 7.56. The van der Waals surface area contributed by atoms with Crippen molar-refractivity contribution in [1.29, 1.82) is 0 Å². The van der Waals surface area contributed by atoms with E-state index in [4.69, 9.17) is 14.3 Å². The first kappa shape index (κ1) is 16.9. The summed E-state index contributed by atoms with van der Waals surface area (Å²) >= 11 is 0. The first-order valence-corrected chi connectivity index (χ1v) is 7.56. The number of alkyl halides is 1. The van der Waals surface area contributed by atoms with Gasteiger partial charge in [-0.3, -0.25) is 4.79 Å². The summed E-state index contributed by atoms with van der Waals surface area (Å²) in [5, 5.41) is 8.87. The molecule has 1 fully saturated rings. The van der Waals surface area contributed by atoms with E-state index >= 15 is 0 Å². The fourth-order valence-electron chi connectivity index (χ4n) is 2.53. The van der Waals surface area contributed by atoms with E-state index < -0.39 is 24.1 Å². The summed E-state index contributed by atoms with van der Waals surface area (Å²) in [6.07, 6.45) is -0.255. The van der Waals surface area contributed by atoms with Gasteiger partial charge in [-0.1, -0.05) is 0 Å². The highest BCUT2D eigenvalue weighted by Gasteiger charge is 2.47. The largest absolute Gasteiger partial charge is 0.486 e. The van der Waals surface area contributed by atoms with Gasteiger partial charge in [0.2, 0.25) is 5.67 Å². The molecule has 1 unspecified atom stereocenters. The summed E-state index contributed by atoms with van der Waals surface area (Å²) in [5.41, 5.74) is -2.42. The maximum absolute atomic E-state index is 14.0. The molecule has 132 valence electrons. The number of carboxylic acid groups (broad SMARTS) is 1. The third kappa shape index (κ3) is 3.62. The van der Waals surface area contributed by atoms with E-state index in [1.165, 1.54) is 36.4 Å². The number of carbonyl (C=O) groups excluding carboxylic acids is 1. The van der Waals surface area contributed by atoms with Crippen LogP contribution in [0.3, 0.4) is 0 Å². The number of halogens is 2. The Bertz CT molecular complexity index is 789. The van der Waals surface area contributed by atoms with Gasteiger partial charge in [-0.25, -0.2) is 13.6 Å². The lowest BCUT2D eigenvalue weighted by molar-refractivity contribution is -0.149. The maximum atomic E-state index is 14.0. The van der Waals surface area contributed by atoms with Crippen molar-refractivity contribution in [2.75, 3.05) is 13.1 Å². The average Bonchev–Trinajstić information content (AvgIpc) is 3.21. The van der Waals surface area contributed by atoms with E-state index in [1.54, 1.807) is 0 Å². The van der Waals surface area contributed by atoms with E-state index in [0.29, 0.717) is 11.5 Å². The number of amides is 1. The van der Waals surface area contributed by atoms with Crippen molar-refractivity contribution >= 4 is 11.9 Å². The number of carboxylic acids is 1. The number of rotatable bonds is 5. The molecule has 1 amide bonds. The predicted molar refractivity (Wildman–Crippen MR) is 81.4 cm³/mol. The van der Waals surface area contributed by atoms with Gasteiger partial charge >= 0.3 is 5.97 Å². The number of furan rings is 1. The molecule has 1 aromatic carbocycles. The fourth-order valence-corrected chi connectivity index (χ4v) is 2.53. The van der Waals surface area contributed by atoms with Crippen LogP contribution in [0.1, 0.15) is 22.7 Å². The Hall–Kier alpha value is -2.90. The molecule has 3 rings (SSSR count). The Morgan fingerprint density at radius 1 is 1.24 bits per heavy atom. The number of carbonyl (C=O) groups is 2. The molecule has 1 atom stereocenters. The zero-order valence-corrected chi connectivity index (χ0v) is 13.1. The highest BCUT2D eigenvalue weighted by molar-refractivity contribution is 5.92. The van der Waals surface area contributed by atoms with Crippen LogP contribution in [0.25, 0.3) is 0 Å². The molecule has 2 heterocycles. The van der Waals surface area contributed by atoms with Crippen LogP contribution in [0.2, 0.25) is 0 Å². The number of ether oxygens (including phenoxy) is 1. The van der Waals surface area contributed by atoms with Crippen molar-refractivity contribution in [2.24, 2.45) is 0 Å². The topological polar surface area (TPSA) is 80.0 Å². The fraction of sp³-hybridized carbons (Fsp3) is 0.294. The monoisotopic (exact) mass is 351 g/mol. The van der Waals surface area contributed by atoms with Crippen LogP contribution in [-0.4, -0.2) is 40.6 Å². The Morgan fingerprint density at radius 2 is 1.96 bits per heavy atom. The molecule has 0 aliphatic carbocycles. The number of hydrogen-bond donors (Lipinski definition) is 1. The van der Waals surface area contributed by atoms with Gasteiger partial charge in [0, 0.05) is 13.0 Å². The van der Waals surface area contributed by atoms with Gasteiger partial charge in [-0.15, -0.1) is 0 Å². The maximum Gasteiger partial charge on any atom is 0.343 e. The lowest BCUT2D eigenvalue weighted by Gasteiger charge is -2.16. The third-order valence-corrected chi connectivity index (χ3v) is 3.96. The van der Waals surface area contributed by atoms with Gasteiger partial charge in [0.05, 0.1) is 6.54 Å². The van der Waals surface area contributed by atoms with Crippen LogP contribution in [0.15, 0.2) is 40.8 Å². The lowest BCUT2D eigenvalue weighted by atomic mass is 10.1. The van der Waals surface area contributed by atoms with Crippen molar-refractivity contribution in [2.45, 2.75) is 18.7 Å². The summed E-state index contributed by atoms with van der Waals surface area (Å²) in [5.74, 6) is -1.75. The second kappa shape index (κ2) is 6.54. The predicted octanol–water partition coefficient (Wildman–Crippen LogP) is 2.64. The average molecular weight is 351 g/mol. The SMILES string of the molecule is O=C(c1ccc(COc2ccc(F)cc2)o1)N1CCC(F)(C(=O)O)C1. The molecule has 6 nitrogen and oxygen atoms in total. The summed E-state index contributed by atoms with van der Waals surface area (Å²) in [7, 11) is 0. The smallest absolute Gasteiger partial charge is 0.343 e. The third-order valence-electron chi connectivity index (χ3n) is 3.96. The molecule has 1 aliphatic rings. The van der Waals surface area contributed by atoms with Crippen LogP contribution >= 0.6 is 0 Å². The van der Waals surface area contributed by atoms with Crippen LogP contribution < -0.4 is 4.74 Å². The van der Waals surface area contributed by atoms with Gasteiger partial charge in [0.1, 0.15) is 23.9 Å². The second-order valence-electron chi connectivity index (χ2n) is 5.76. The Balaban J connectivity index is 1.60. The number of hydrogen-bond acceptors (Lipinski definition) is 4. The van der Waals surface area contributed by atoms with Gasteiger partial charge in [0.15, 0.2) is 5.76 Å². The summed E-state index contributed by atoms with van der Waals surface area (Å²) in [6, 6.07) is 8.39. The zero-order chi connectivity index (χ0) is 18.0. The molecule has 0 saturated carbocycles. The number of aliphatic carboxylic acids is 1. The van der Waals surface area contributed by atoms with Crippen molar-refractivity contribution in [1.82, 2.24) is 4.90 Å². The van der Waals surface area contributed by atoms with E-state index in [1.807, 2.05) is 0 Å². The molecule has 1 N–H and O–H groups in total. The quantitative estimate of drug-likeness (QED) is 0.896. The molecule has 0 radical (unpaired) electrons. The van der Waals surface area contributed by atoms with Crippen LogP contribution in [0, 0.1) is 5.82 Å². The van der Waals surface area contributed by atoms with Crippen molar-refractivity contribution in [3.63, 3.8) is 0 Å². The molecule has 25 heavy (non-hydrogen) atoms. The Kier molecular flexibility index (Phi) is 4.43. The number of likely N-dealkylation sites (tertiary alicyclic amines) is 1. The van der Waals surface area contributed by atoms with E-state index in [9.17, 15) is 18.4 Å². The van der Waals surface area contributed by atoms with Crippen molar-refractivity contribution < 1.29 is 32.6 Å². The summed E-state index contributed by atoms with van der Waals surface area (Å²) in [4.78, 5) is 24.3. The Morgan fingerprint density at radius 3 is 2.60 bits per heavy atom. The minimum absolute atomic E-state index is 0.00372. The number of nitrogens with zero attached hydrogens (tertiary/aromatic N) is 1. The van der Waals surface area contributed by atoms with Gasteiger partial charge in [-0.05, 0) is 36.4 Å². The van der Waals surface area contributed by atoms with E-state index in [-0.39, 0.29) is 31.1 Å². The molecular weight excluding hydrogens is 336 g/mol. The van der Waals surface area contributed by atoms with Gasteiger partial charge in [0.25, 0.3) is 5.91 Å². The molecule has 1 aliphatic heterocycles. The minimum atomic E-state index is -2.42.